The second kappa shape index (κ2) is 5.41. The molecule has 0 aliphatic carbocycles. The van der Waals surface area contributed by atoms with Gasteiger partial charge < -0.3 is 10.2 Å². The topological polar surface area (TPSA) is 32.3 Å². The molecule has 19 heavy (non-hydrogen) atoms. The third-order valence-electron chi connectivity index (χ3n) is 3.35. The van der Waals surface area contributed by atoms with Gasteiger partial charge in [0, 0.05) is 24.2 Å². The maximum atomic E-state index is 12.0. The van der Waals surface area contributed by atoms with E-state index in [1.54, 1.807) is 0 Å². The number of rotatable bonds is 2. The largest absolute Gasteiger partial charge is 0.371 e. The van der Waals surface area contributed by atoms with E-state index in [9.17, 15) is 4.79 Å². The van der Waals surface area contributed by atoms with Crippen LogP contribution in [0.5, 0.6) is 0 Å². The third kappa shape index (κ3) is 3.41. The maximum Gasteiger partial charge on any atom is 0.229 e. The first kappa shape index (κ1) is 14.2. The molecule has 3 nitrogen and oxygen atoms in total. The summed E-state index contributed by atoms with van der Waals surface area (Å²) >= 11 is 6.16. The SMILES string of the molecule is CC(C)(C)C(=O)Nc1cc(N2CCCC2)ccc1Cl. The number of amides is 1. The van der Waals surface area contributed by atoms with Crippen molar-refractivity contribution in [1.82, 2.24) is 0 Å². The summed E-state index contributed by atoms with van der Waals surface area (Å²) in [7, 11) is 0. The summed E-state index contributed by atoms with van der Waals surface area (Å²) in [4.78, 5) is 14.4. The molecule has 1 heterocycles. The van der Waals surface area contributed by atoms with E-state index >= 15 is 0 Å². The minimum atomic E-state index is -0.424. The Kier molecular flexibility index (Phi) is 4.04. The van der Waals surface area contributed by atoms with Crippen molar-refractivity contribution in [1.29, 1.82) is 0 Å². The van der Waals surface area contributed by atoms with Crippen LogP contribution in [0.1, 0.15) is 33.6 Å². The van der Waals surface area contributed by atoms with Gasteiger partial charge in [-0.3, -0.25) is 4.79 Å². The number of hydrogen-bond donors (Lipinski definition) is 1. The van der Waals surface area contributed by atoms with Crippen molar-refractivity contribution in [2.45, 2.75) is 33.6 Å². The average molecular weight is 281 g/mol. The number of carbonyl (C=O) groups is 1. The number of hydrogen-bond acceptors (Lipinski definition) is 2. The molecule has 104 valence electrons. The van der Waals surface area contributed by atoms with Crippen LogP contribution in [0.3, 0.4) is 0 Å². The van der Waals surface area contributed by atoms with Gasteiger partial charge in [0.1, 0.15) is 0 Å². The predicted molar refractivity (Wildman–Crippen MR) is 81.0 cm³/mol. The van der Waals surface area contributed by atoms with Crippen LogP contribution in [0.25, 0.3) is 0 Å². The number of anilines is 2. The molecule has 0 atom stereocenters. The van der Waals surface area contributed by atoms with Crippen LogP contribution < -0.4 is 10.2 Å². The van der Waals surface area contributed by atoms with Gasteiger partial charge in [0.25, 0.3) is 0 Å². The average Bonchev–Trinajstić information content (AvgIpc) is 2.84. The Morgan fingerprint density at radius 2 is 1.89 bits per heavy atom. The van der Waals surface area contributed by atoms with Crippen molar-refractivity contribution < 1.29 is 4.79 Å². The fraction of sp³-hybridized carbons (Fsp3) is 0.533. The summed E-state index contributed by atoms with van der Waals surface area (Å²) < 4.78 is 0. The van der Waals surface area contributed by atoms with Gasteiger partial charge in [-0.05, 0) is 31.0 Å². The molecule has 1 N–H and O–H groups in total. The highest BCUT2D eigenvalue weighted by Crippen LogP contribution is 2.30. The number of carbonyl (C=O) groups excluding carboxylic acids is 1. The first-order valence-electron chi connectivity index (χ1n) is 6.74. The fourth-order valence-electron chi connectivity index (χ4n) is 2.09. The Balaban J connectivity index is 2.20. The van der Waals surface area contributed by atoms with Crippen LogP contribution in [0.4, 0.5) is 11.4 Å². The van der Waals surface area contributed by atoms with E-state index in [1.807, 2.05) is 39.0 Å². The van der Waals surface area contributed by atoms with Crippen molar-refractivity contribution in [2.75, 3.05) is 23.3 Å². The van der Waals surface area contributed by atoms with Gasteiger partial charge in [0.15, 0.2) is 0 Å². The molecule has 1 aliphatic rings. The third-order valence-corrected chi connectivity index (χ3v) is 3.68. The van der Waals surface area contributed by atoms with Gasteiger partial charge in [0.2, 0.25) is 5.91 Å². The highest BCUT2D eigenvalue weighted by Gasteiger charge is 2.22. The van der Waals surface area contributed by atoms with E-state index in [4.69, 9.17) is 11.6 Å². The monoisotopic (exact) mass is 280 g/mol. The lowest BCUT2D eigenvalue weighted by molar-refractivity contribution is -0.123. The smallest absolute Gasteiger partial charge is 0.229 e. The zero-order valence-corrected chi connectivity index (χ0v) is 12.5. The molecule has 0 spiro atoms. The maximum absolute atomic E-state index is 12.0. The lowest BCUT2D eigenvalue weighted by Crippen LogP contribution is -2.28. The van der Waals surface area contributed by atoms with E-state index in [-0.39, 0.29) is 5.91 Å². The van der Waals surface area contributed by atoms with E-state index in [0.717, 1.165) is 18.8 Å². The van der Waals surface area contributed by atoms with Crippen LogP contribution >= 0.6 is 11.6 Å². The Morgan fingerprint density at radius 1 is 1.26 bits per heavy atom. The summed E-state index contributed by atoms with van der Waals surface area (Å²) in [6.45, 7) is 7.82. The zero-order chi connectivity index (χ0) is 14.0. The highest BCUT2D eigenvalue weighted by molar-refractivity contribution is 6.33. The first-order valence-corrected chi connectivity index (χ1v) is 7.12. The lowest BCUT2D eigenvalue weighted by atomic mass is 9.95. The first-order chi connectivity index (χ1) is 8.88. The van der Waals surface area contributed by atoms with Crippen molar-refractivity contribution in [3.05, 3.63) is 23.2 Å². The van der Waals surface area contributed by atoms with Crippen LogP contribution in [0.2, 0.25) is 5.02 Å². The summed E-state index contributed by atoms with van der Waals surface area (Å²) in [5, 5.41) is 3.50. The van der Waals surface area contributed by atoms with E-state index in [1.165, 1.54) is 12.8 Å². The quantitative estimate of drug-likeness (QED) is 0.890. The van der Waals surface area contributed by atoms with Crippen molar-refractivity contribution in [2.24, 2.45) is 5.41 Å². The highest BCUT2D eigenvalue weighted by atomic mass is 35.5. The molecule has 1 saturated heterocycles. The van der Waals surface area contributed by atoms with Gasteiger partial charge >= 0.3 is 0 Å². The Morgan fingerprint density at radius 3 is 2.47 bits per heavy atom. The van der Waals surface area contributed by atoms with Crippen molar-refractivity contribution in [3.63, 3.8) is 0 Å². The van der Waals surface area contributed by atoms with Gasteiger partial charge in [-0.2, -0.15) is 0 Å². The van der Waals surface area contributed by atoms with E-state index in [0.29, 0.717) is 10.7 Å². The number of halogens is 1. The summed E-state index contributed by atoms with van der Waals surface area (Å²) in [6.07, 6.45) is 2.46. The second-order valence-electron chi connectivity index (χ2n) is 6.06. The lowest BCUT2D eigenvalue weighted by Gasteiger charge is -2.21. The number of nitrogens with zero attached hydrogens (tertiary/aromatic N) is 1. The number of benzene rings is 1. The van der Waals surface area contributed by atoms with Gasteiger partial charge in [-0.1, -0.05) is 32.4 Å². The molecule has 1 aromatic carbocycles. The van der Waals surface area contributed by atoms with Gasteiger partial charge in [-0.15, -0.1) is 0 Å². The molecular formula is C15H21ClN2O. The zero-order valence-electron chi connectivity index (χ0n) is 11.8. The van der Waals surface area contributed by atoms with Gasteiger partial charge in [0.05, 0.1) is 10.7 Å². The van der Waals surface area contributed by atoms with Crippen LogP contribution in [0, 0.1) is 5.41 Å². The predicted octanol–water partition coefficient (Wildman–Crippen LogP) is 3.92. The van der Waals surface area contributed by atoms with Crippen molar-refractivity contribution >= 4 is 28.9 Å². The molecule has 1 amide bonds. The molecule has 1 aromatic rings. The molecule has 0 radical (unpaired) electrons. The summed E-state index contributed by atoms with van der Waals surface area (Å²) in [5.74, 6) is -0.0204. The molecule has 0 saturated carbocycles. The molecule has 1 aliphatic heterocycles. The minimum Gasteiger partial charge on any atom is -0.371 e. The summed E-state index contributed by atoms with van der Waals surface area (Å²) in [6, 6.07) is 5.84. The Hall–Kier alpha value is -1.22. The van der Waals surface area contributed by atoms with Crippen molar-refractivity contribution in [3.8, 4) is 0 Å². The van der Waals surface area contributed by atoms with Gasteiger partial charge in [-0.25, -0.2) is 0 Å². The fourth-order valence-corrected chi connectivity index (χ4v) is 2.26. The molecule has 4 heteroatoms. The van der Waals surface area contributed by atoms with Crippen LogP contribution in [-0.2, 0) is 4.79 Å². The minimum absolute atomic E-state index is 0.0204. The van der Waals surface area contributed by atoms with Crippen LogP contribution in [-0.4, -0.2) is 19.0 Å². The molecule has 2 rings (SSSR count). The van der Waals surface area contributed by atoms with E-state index in [2.05, 4.69) is 10.2 Å². The molecule has 1 fully saturated rings. The van der Waals surface area contributed by atoms with E-state index < -0.39 is 5.41 Å². The second-order valence-corrected chi connectivity index (χ2v) is 6.47. The summed E-state index contributed by atoms with van der Waals surface area (Å²) in [5.41, 5.74) is 1.41. The normalized spacial score (nSPS) is 15.7. The molecule has 0 aromatic heterocycles. The van der Waals surface area contributed by atoms with Crippen LogP contribution in [0.15, 0.2) is 18.2 Å². The molecular weight excluding hydrogens is 260 g/mol. The molecule has 0 unspecified atom stereocenters. The molecule has 0 bridgehead atoms. The number of nitrogens with one attached hydrogen (secondary N) is 1. The Bertz CT molecular complexity index is 474. The Labute approximate surface area is 119 Å². The standard InChI is InChI=1S/C15H21ClN2O/c1-15(2,3)14(19)17-13-10-11(6-7-12(13)16)18-8-4-5-9-18/h6-7,10H,4-5,8-9H2,1-3H3,(H,17,19).